The number of hydrogen-bond acceptors (Lipinski definition) is 6. The number of hydrazine groups is 1. The summed E-state index contributed by atoms with van der Waals surface area (Å²) in [4.78, 5) is 3.57. The molecule has 2 N–H and O–H groups in total. The summed E-state index contributed by atoms with van der Waals surface area (Å²) in [7, 11) is 0. The Balaban J connectivity index is 0.00000259. The topological polar surface area (TPSA) is 77.4 Å². The predicted octanol–water partition coefficient (Wildman–Crippen LogP) is 4.98. The quantitative estimate of drug-likeness (QED) is 0.530. The standard InChI is InChI=1S/C23H23F3N4O2.ClH/c24-23(25,26)22-28-21(29-32-22)18-12-16-8-10-31-20(16)17(13-18)11-15-7-4-9-30(27)19(15)14-5-2-1-3-6-14;/h1-3,5-6,12-13,15,19H,4,7-11,27H2;1H/t15-,19+;/m0./s1. The van der Waals surface area contributed by atoms with Crippen LogP contribution in [-0.2, 0) is 19.0 Å². The van der Waals surface area contributed by atoms with E-state index in [1.54, 1.807) is 6.07 Å². The molecule has 5 rings (SSSR count). The van der Waals surface area contributed by atoms with Crippen LogP contribution in [0.2, 0.25) is 0 Å². The summed E-state index contributed by atoms with van der Waals surface area (Å²) in [5.41, 5.74) is 3.55. The van der Waals surface area contributed by atoms with Gasteiger partial charge in [0.2, 0.25) is 5.82 Å². The Morgan fingerprint density at radius 3 is 2.67 bits per heavy atom. The Morgan fingerprint density at radius 1 is 1.15 bits per heavy atom. The average molecular weight is 481 g/mol. The Labute approximate surface area is 195 Å². The highest BCUT2D eigenvalue weighted by atomic mass is 35.5. The fraction of sp³-hybridized carbons (Fsp3) is 0.391. The van der Waals surface area contributed by atoms with Crippen molar-refractivity contribution in [1.29, 1.82) is 0 Å². The van der Waals surface area contributed by atoms with Crippen molar-refractivity contribution in [2.24, 2.45) is 11.8 Å². The minimum atomic E-state index is -4.68. The fourth-order valence-corrected chi connectivity index (χ4v) is 4.84. The van der Waals surface area contributed by atoms with E-state index in [0.717, 1.165) is 41.8 Å². The summed E-state index contributed by atoms with van der Waals surface area (Å²) < 4.78 is 49.1. The second-order valence-corrected chi connectivity index (χ2v) is 8.34. The summed E-state index contributed by atoms with van der Waals surface area (Å²) in [6, 6.07) is 13.8. The first-order valence-corrected chi connectivity index (χ1v) is 10.7. The van der Waals surface area contributed by atoms with Gasteiger partial charge in [-0.25, -0.2) is 5.01 Å². The lowest BCUT2D eigenvalue weighted by molar-refractivity contribution is -0.159. The van der Waals surface area contributed by atoms with Gasteiger partial charge in [-0.2, -0.15) is 18.2 Å². The number of nitrogens with zero attached hydrogens (tertiary/aromatic N) is 3. The lowest BCUT2D eigenvalue weighted by atomic mass is 9.81. The molecule has 1 saturated heterocycles. The van der Waals surface area contributed by atoms with E-state index in [0.29, 0.717) is 25.0 Å². The summed E-state index contributed by atoms with van der Waals surface area (Å²) in [6.07, 6.45) is -1.33. The van der Waals surface area contributed by atoms with Crippen LogP contribution in [-0.4, -0.2) is 28.3 Å². The SMILES string of the molecule is Cl.NN1CCC[C@@H](Cc2cc(-c3noc(C(F)(F)F)n3)cc3c2OCC3)[C@H]1c1ccccc1. The predicted molar refractivity (Wildman–Crippen MR) is 118 cm³/mol. The molecule has 6 nitrogen and oxygen atoms in total. The molecule has 0 amide bonds. The number of aromatic nitrogens is 2. The molecule has 0 radical (unpaired) electrons. The van der Waals surface area contributed by atoms with Crippen molar-refractivity contribution in [1.82, 2.24) is 15.1 Å². The van der Waals surface area contributed by atoms with Gasteiger partial charge in [0, 0.05) is 18.5 Å². The van der Waals surface area contributed by atoms with Gasteiger partial charge in [-0.05, 0) is 54.0 Å². The Morgan fingerprint density at radius 2 is 1.94 bits per heavy atom. The van der Waals surface area contributed by atoms with E-state index >= 15 is 0 Å². The van der Waals surface area contributed by atoms with Gasteiger partial charge in [-0.3, -0.25) is 5.84 Å². The van der Waals surface area contributed by atoms with E-state index in [-0.39, 0.29) is 30.2 Å². The molecule has 2 aliphatic heterocycles. The highest BCUT2D eigenvalue weighted by molar-refractivity contribution is 5.85. The number of rotatable bonds is 4. The number of piperidine rings is 1. The van der Waals surface area contributed by atoms with E-state index in [2.05, 4.69) is 26.8 Å². The first kappa shape index (κ1) is 23.5. The monoisotopic (exact) mass is 480 g/mol. The molecule has 10 heteroatoms. The van der Waals surface area contributed by atoms with Crippen molar-refractivity contribution in [2.75, 3.05) is 13.2 Å². The van der Waals surface area contributed by atoms with Crippen LogP contribution in [0, 0.1) is 5.92 Å². The number of benzene rings is 2. The molecule has 33 heavy (non-hydrogen) atoms. The van der Waals surface area contributed by atoms with Gasteiger partial charge < -0.3 is 9.26 Å². The molecule has 0 aliphatic carbocycles. The highest BCUT2D eigenvalue weighted by Crippen LogP contribution is 2.41. The summed E-state index contributed by atoms with van der Waals surface area (Å²) in [5.74, 6) is 6.02. The van der Waals surface area contributed by atoms with E-state index in [1.165, 1.54) is 0 Å². The molecule has 0 bridgehead atoms. The molecule has 1 fully saturated rings. The van der Waals surface area contributed by atoms with Crippen LogP contribution in [0.1, 0.15) is 41.5 Å². The van der Waals surface area contributed by atoms with Crippen molar-refractivity contribution in [2.45, 2.75) is 37.9 Å². The minimum absolute atomic E-state index is 0. The van der Waals surface area contributed by atoms with E-state index in [9.17, 15) is 13.2 Å². The minimum Gasteiger partial charge on any atom is -0.493 e. The molecule has 1 aromatic heterocycles. The Kier molecular flexibility index (Phi) is 6.65. The molecular weight excluding hydrogens is 457 g/mol. The van der Waals surface area contributed by atoms with Crippen LogP contribution in [0.25, 0.3) is 11.4 Å². The van der Waals surface area contributed by atoms with Crippen molar-refractivity contribution >= 4 is 12.4 Å². The largest absolute Gasteiger partial charge is 0.493 e. The summed E-state index contributed by atoms with van der Waals surface area (Å²) in [5, 5.41) is 5.46. The molecule has 0 spiro atoms. The summed E-state index contributed by atoms with van der Waals surface area (Å²) >= 11 is 0. The normalized spacial score (nSPS) is 20.7. The fourth-order valence-electron chi connectivity index (χ4n) is 4.84. The molecule has 2 aromatic carbocycles. The number of alkyl halides is 3. The van der Waals surface area contributed by atoms with Crippen LogP contribution in [0.3, 0.4) is 0 Å². The number of hydrogen-bond donors (Lipinski definition) is 1. The van der Waals surface area contributed by atoms with Gasteiger partial charge in [0.05, 0.1) is 12.6 Å². The highest BCUT2D eigenvalue weighted by Gasteiger charge is 2.39. The smallest absolute Gasteiger partial charge is 0.471 e. The number of fused-ring (bicyclic) bond motifs is 1. The van der Waals surface area contributed by atoms with Crippen molar-refractivity contribution < 1.29 is 22.4 Å². The van der Waals surface area contributed by atoms with Gasteiger partial charge in [0.1, 0.15) is 5.75 Å². The number of halogens is 4. The van der Waals surface area contributed by atoms with Crippen LogP contribution < -0.4 is 10.6 Å². The summed E-state index contributed by atoms with van der Waals surface area (Å²) in [6.45, 7) is 1.36. The molecular formula is C23H24ClF3N4O2. The van der Waals surface area contributed by atoms with Gasteiger partial charge in [-0.1, -0.05) is 35.5 Å². The zero-order valence-electron chi connectivity index (χ0n) is 17.7. The maximum absolute atomic E-state index is 12.9. The second-order valence-electron chi connectivity index (χ2n) is 8.34. The third-order valence-electron chi connectivity index (χ3n) is 6.21. The molecule has 2 atom stereocenters. The maximum atomic E-state index is 12.9. The van der Waals surface area contributed by atoms with Gasteiger partial charge in [0.15, 0.2) is 0 Å². The van der Waals surface area contributed by atoms with E-state index < -0.39 is 12.1 Å². The van der Waals surface area contributed by atoms with E-state index in [1.807, 2.05) is 29.3 Å². The lowest BCUT2D eigenvalue weighted by Gasteiger charge is -2.39. The van der Waals surface area contributed by atoms with Crippen molar-refractivity contribution in [3.63, 3.8) is 0 Å². The molecule has 2 aliphatic rings. The molecule has 0 saturated carbocycles. The van der Waals surface area contributed by atoms with Crippen molar-refractivity contribution in [3.05, 3.63) is 65.0 Å². The van der Waals surface area contributed by atoms with Crippen LogP contribution >= 0.6 is 12.4 Å². The first-order chi connectivity index (χ1) is 15.4. The molecule has 3 aromatic rings. The molecule has 176 valence electrons. The van der Waals surface area contributed by atoms with Crippen LogP contribution in [0.4, 0.5) is 13.2 Å². The average Bonchev–Trinajstić information content (AvgIpc) is 3.44. The maximum Gasteiger partial charge on any atom is 0.471 e. The van der Waals surface area contributed by atoms with Gasteiger partial charge >= 0.3 is 12.1 Å². The number of ether oxygens (including phenoxy) is 1. The Hall–Kier alpha value is -2.62. The van der Waals surface area contributed by atoms with E-state index in [4.69, 9.17) is 10.6 Å². The molecule has 3 heterocycles. The zero-order chi connectivity index (χ0) is 22.3. The third kappa shape index (κ3) is 4.71. The molecule has 0 unspecified atom stereocenters. The first-order valence-electron chi connectivity index (χ1n) is 10.7. The second kappa shape index (κ2) is 9.32. The number of nitrogens with two attached hydrogens (primary N) is 1. The lowest BCUT2D eigenvalue weighted by Crippen LogP contribution is -2.44. The Bertz CT molecular complexity index is 1110. The zero-order valence-corrected chi connectivity index (χ0v) is 18.5. The van der Waals surface area contributed by atoms with Crippen LogP contribution in [0.5, 0.6) is 5.75 Å². The van der Waals surface area contributed by atoms with Gasteiger partial charge in [0.25, 0.3) is 0 Å². The van der Waals surface area contributed by atoms with Crippen molar-refractivity contribution in [3.8, 4) is 17.1 Å². The van der Waals surface area contributed by atoms with Gasteiger partial charge in [-0.15, -0.1) is 12.4 Å². The third-order valence-corrected chi connectivity index (χ3v) is 6.21. The van der Waals surface area contributed by atoms with Crippen LogP contribution in [0.15, 0.2) is 47.0 Å².